The molecule has 0 unspecified atom stereocenters. The molecule has 3 heteroatoms. The highest BCUT2D eigenvalue weighted by Crippen LogP contribution is 2.34. The Hall–Kier alpha value is -0.960. The fourth-order valence-electron chi connectivity index (χ4n) is 1.46. The van der Waals surface area contributed by atoms with Crippen LogP contribution in [0.1, 0.15) is 37.3 Å². The molecule has 0 spiro atoms. The quantitative estimate of drug-likeness (QED) is 0.806. The van der Waals surface area contributed by atoms with Crippen molar-refractivity contribution in [1.29, 1.82) is 0 Å². The van der Waals surface area contributed by atoms with E-state index < -0.39 is 6.43 Å². The summed E-state index contributed by atoms with van der Waals surface area (Å²) in [4.78, 5) is 0. The van der Waals surface area contributed by atoms with Gasteiger partial charge in [0, 0.05) is 17.6 Å². The molecule has 1 saturated carbocycles. The molecule has 0 bridgehead atoms. The maximum absolute atomic E-state index is 12.3. The van der Waals surface area contributed by atoms with Crippen LogP contribution in [0.2, 0.25) is 0 Å². The fraction of sp³-hybridized carbons (Fsp3) is 0.500. The summed E-state index contributed by atoms with van der Waals surface area (Å²) < 4.78 is 24.5. The summed E-state index contributed by atoms with van der Waals surface area (Å²) >= 11 is 0. The highest BCUT2D eigenvalue weighted by Gasteiger charge is 2.36. The molecule has 1 aliphatic carbocycles. The Balaban J connectivity index is 1.92. The molecule has 15 heavy (non-hydrogen) atoms. The van der Waals surface area contributed by atoms with Crippen LogP contribution in [0.15, 0.2) is 24.3 Å². The van der Waals surface area contributed by atoms with Gasteiger partial charge in [0.05, 0.1) is 0 Å². The second-order valence-electron chi connectivity index (χ2n) is 4.46. The molecule has 0 aromatic heterocycles. The van der Waals surface area contributed by atoms with E-state index >= 15 is 0 Å². The van der Waals surface area contributed by atoms with Crippen molar-refractivity contribution in [3.63, 3.8) is 0 Å². The van der Waals surface area contributed by atoms with Gasteiger partial charge >= 0.3 is 0 Å². The number of halogens is 2. The smallest absolute Gasteiger partial charge is 0.263 e. The number of hydrogen-bond acceptors (Lipinski definition) is 1. The van der Waals surface area contributed by atoms with E-state index in [1.165, 1.54) is 25.0 Å². The lowest BCUT2D eigenvalue weighted by molar-refractivity contribution is 0.151. The maximum Gasteiger partial charge on any atom is 0.263 e. The van der Waals surface area contributed by atoms with Gasteiger partial charge in [-0.3, -0.25) is 0 Å². The highest BCUT2D eigenvalue weighted by molar-refractivity contribution is 5.23. The van der Waals surface area contributed by atoms with Gasteiger partial charge in [0.1, 0.15) is 0 Å². The molecule has 1 nitrogen and oxygen atoms in total. The zero-order chi connectivity index (χ0) is 10.9. The standard InChI is InChI=1S/C12H15F2N/c1-12(6-7-12)15-8-9-2-4-10(5-3-9)11(13)14/h2-5,11,15H,6-8H2,1H3. The second-order valence-corrected chi connectivity index (χ2v) is 4.46. The Morgan fingerprint density at radius 2 is 1.87 bits per heavy atom. The third-order valence-electron chi connectivity index (χ3n) is 2.95. The van der Waals surface area contributed by atoms with E-state index in [2.05, 4.69) is 12.2 Å². The van der Waals surface area contributed by atoms with Crippen LogP contribution in [0.25, 0.3) is 0 Å². The van der Waals surface area contributed by atoms with Crippen molar-refractivity contribution >= 4 is 0 Å². The highest BCUT2D eigenvalue weighted by atomic mass is 19.3. The lowest BCUT2D eigenvalue weighted by Gasteiger charge is -2.11. The number of benzene rings is 1. The zero-order valence-corrected chi connectivity index (χ0v) is 8.76. The van der Waals surface area contributed by atoms with Gasteiger partial charge in [0.15, 0.2) is 0 Å². The number of rotatable bonds is 4. The summed E-state index contributed by atoms with van der Waals surface area (Å²) in [6.07, 6.45) is 0.0532. The van der Waals surface area contributed by atoms with E-state index in [9.17, 15) is 8.78 Å². The molecule has 0 amide bonds. The van der Waals surface area contributed by atoms with Crippen molar-refractivity contribution in [2.75, 3.05) is 0 Å². The van der Waals surface area contributed by atoms with Gasteiger partial charge in [0.2, 0.25) is 0 Å². The lowest BCUT2D eigenvalue weighted by Crippen LogP contribution is -2.26. The average molecular weight is 211 g/mol. The third kappa shape index (κ3) is 2.75. The SMILES string of the molecule is CC1(NCc2ccc(C(F)F)cc2)CC1. The summed E-state index contributed by atoms with van der Waals surface area (Å²) in [7, 11) is 0. The molecule has 1 N–H and O–H groups in total. The van der Waals surface area contributed by atoms with Crippen molar-refractivity contribution in [3.05, 3.63) is 35.4 Å². The minimum atomic E-state index is -2.37. The predicted octanol–water partition coefficient (Wildman–Crippen LogP) is 3.27. The first-order valence-electron chi connectivity index (χ1n) is 5.21. The third-order valence-corrected chi connectivity index (χ3v) is 2.95. The van der Waals surface area contributed by atoms with Crippen LogP contribution in [0, 0.1) is 0 Å². The Morgan fingerprint density at radius 1 is 1.27 bits per heavy atom. The maximum atomic E-state index is 12.3. The van der Waals surface area contributed by atoms with Gasteiger partial charge in [-0.1, -0.05) is 24.3 Å². The number of hydrogen-bond donors (Lipinski definition) is 1. The lowest BCUT2D eigenvalue weighted by atomic mass is 10.1. The summed E-state index contributed by atoms with van der Waals surface area (Å²) in [5, 5.41) is 3.41. The van der Waals surface area contributed by atoms with Crippen molar-refractivity contribution in [2.24, 2.45) is 0 Å². The van der Waals surface area contributed by atoms with Gasteiger partial charge in [0.25, 0.3) is 6.43 Å². The minimum Gasteiger partial charge on any atom is -0.307 e. The number of alkyl halides is 2. The largest absolute Gasteiger partial charge is 0.307 e. The average Bonchev–Trinajstić information content (AvgIpc) is 2.95. The molecule has 1 aromatic carbocycles. The van der Waals surface area contributed by atoms with E-state index in [1.54, 1.807) is 12.1 Å². The molecule has 0 heterocycles. The first kappa shape index (κ1) is 10.6. The molecule has 1 fully saturated rings. The topological polar surface area (TPSA) is 12.0 Å². The molecule has 1 aliphatic rings. The van der Waals surface area contributed by atoms with Crippen molar-refractivity contribution in [2.45, 2.75) is 38.3 Å². The summed E-state index contributed by atoms with van der Waals surface area (Å²) in [6, 6.07) is 6.52. The normalized spacial score (nSPS) is 18.1. The van der Waals surface area contributed by atoms with Crippen LogP contribution in [0.5, 0.6) is 0 Å². The monoisotopic (exact) mass is 211 g/mol. The predicted molar refractivity (Wildman–Crippen MR) is 55.9 cm³/mol. The Kier molecular flexibility index (Phi) is 2.74. The van der Waals surface area contributed by atoms with Crippen molar-refractivity contribution in [1.82, 2.24) is 5.32 Å². The Morgan fingerprint density at radius 3 is 2.33 bits per heavy atom. The first-order chi connectivity index (χ1) is 7.09. The van der Waals surface area contributed by atoms with Crippen molar-refractivity contribution in [3.8, 4) is 0 Å². The number of nitrogens with one attached hydrogen (secondary N) is 1. The first-order valence-corrected chi connectivity index (χ1v) is 5.21. The molecular formula is C12H15F2N. The van der Waals surface area contributed by atoms with Gasteiger partial charge in [-0.05, 0) is 25.3 Å². The molecule has 0 saturated heterocycles. The van der Waals surface area contributed by atoms with Crippen LogP contribution in [0.4, 0.5) is 8.78 Å². The zero-order valence-electron chi connectivity index (χ0n) is 8.76. The molecule has 82 valence electrons. The van der Waals surface area contributed by atoms with Crippen molar-refractivity contribution < 1.29 is 8.78 Å². The van der Waals surface area contributed by atoms with Gasteiger partial charge in [-0.25, -0.2) is 8.78 Å². The molecule has 2 rings (SSSR count). The molecule has 1 aromatic rings. The van der Waals surface area contributed by atoms with E-state index in [1.807, 2.05) is 0 Å². The van der Waals surface area contributed by atoms with E-state index in [0.29, 0.717) is 5.54 Å². The Labute approximate surface area is 88.5 Å². The molecule has 0 atom stereocenters. The summed E-state index contributed by atoms with van der Waals surface area (Å²) in [5.74, 6) is 0. The van der Waals surface area contributed by atoms with E-state index in [4.69, 9.17) is 0 Å². The molecule has 0 radical (unpaired) electrons. The summed E-state index contributed by atoms with van der Waals surface area (Å²) in [5.41, 5.74) is 1.45. The fourth-order valence-corrected chi connectivity index (χ4v) is 1.46. The van der Waals surface area contributed by atoms with Gasteiger partial charge < -0.3 is 5.32 Å². The van der Waals surface area contributed by atoms with Crippen LogP contribution in [-0.4, -0.2) is 5.54 Å². The second kappa shape index (κ2) is 3.89. The molecular weight excluding hydrogens is 196 g/mol. The van der Waals surface area contributed by atoms with Crippen LogP contribution >= 0.6 is 0 Å². The van der Waals surface area contributed by atoms with E-state index in [0.717, 1.165) is 12.1 Å². The van der Waals surface area contributed by atoms with E-state index in [-0.39, 0.29) is 5.56 Å². The van der Waals surface area contributed by atoms with Crippen LogP contribution in [0.3, 0.4) is 0 Å². The van der Waals surface area contributed by atoms with Crippen LogP contribution < -0.4 is 5.32 Å². The van der Waals surface area contributed by atoms with Gasteiger partial charge in [-0.2, -0.15) is 0 Å². The van der Waals surface area contributed by atoms with Gasteiger partial charge in [-0.15, -0.1) is 0 Å². The Bertz CT molecular complexity index is 328. The molecule has 0 aliphatic heterocycles. The van der Waals surface area contributed by atoms with Crippen LogP contribution in [-0.2, 0) is 6.54 Å². The minimum absolute atomic E-state index is 0.0939. The summed E-state index contributed by atoms with van der Waals surface area (Å²) in [6.45, 7) is 2.94.